The van der Waals surface area contributed by atoms with Gasteiger partial charge in [-0.1, -0.05) is 36.4 Å². The zero-order valence-corrected chi connectivity index (χ0v) is 20.0. The molecule has 6 aliphatic rings. The van der Waals surface area contributed by atoms with Crippen LogP contribution in [0.4, 0.5) is 0 Å². The Morgan fingerprint density at radius 2 is 1.71 bits per heavy atom. The third-order valence-corrected chi connectivity index (χ3v) is 9.91. The van der Waals surface area contributed by atoms with Gasteiger partial charge in [0.25, 0.3) is 0 Å². The highest BCUT2D eigenvalue weighted by atomic mass is 16.6. The molecule has 3 aromatic rings. The molecule has 2 aliphatic heterocycles. The van der Waals surface area contributed by atoms with Crippen LogP contribution in [-0.4, -0.2) is 55.1 Å². The molecule has 4 aliphatic carbocycles. The number of nitrogens with zero attached hydrogens (tertiary/aromatic N) is 1. The molecule has 0 aromatic heterocycles. The summed E-state index contributed by atoms with van der Waals surface area (Å²) in [5.74, 6) is 1.89. The molecule has 178 valence electrons. The first-order valence-electron chi connectivity index (χ1n) is 12.3. The fourth-order valence-electron chi connectivity index (χ4n) is 8.66. The van der Waals surface area contributed by atoms with Crippen LogP contribution in [0.5, 0.6) is 23.0 Å². The maximum Gasteiger partial charge on any atom is 0.166 e. The lowest BCUT2D eigenvalue weighted by molar-refractivity contribution is -0.145. The van der Waals surface area contributed by atoms with Crippen LogP contribution in [-0.2, 0) is 27.6 Å². The maximum atomic E-state index is 12.0. The summed E-state index contributed by atoms with van der Waals surface area (Å²) >= 11 is 0. The zero-order valence-electron chi connectivity index (χ0n) is 20.0. The average Bonchev–Trinajstić information content (AvgIpc) is 3.26. The van der Waals surface area contributed by atoms with E-state index in [4.69, 9.17) is 14.2 Å². The van der Waals surface area contributed by atoms with Crippen LogP contribution in [0.3, 0.4) is 0 Å². The van der Waals surface area contributed by atoms with Crippen molar-refractivity contribution in [2.45, 2.75) is 41.4 Å². The minimum atomic E-state index is -1.05. The molecular weight excluding hydrogens is 442 g/mol. The number of likely N-dealkylation sites (N-methyl/N-ethyl adjacent to an activating group) is 1. The summed E-state index contributed by atoms with van der Waals surface area (Å²) in [5.41, 5.74) is 1.79. The summed E-state index contributed by atoms with van der Waals surface area (Å²) in [7, 11) is 5.52. The number of fused-ring (bicyclic) bond motifs is 1. The molecule has 0 amide bonds. The van der Waals surface area contributed by atoms with E-state index in [-0.39, 0.29) is 17.5 Å². The summed E-state index contributed by atoms with van der Waals surface area (Å²) < 4.78 is 19.1. The molecule has 6 heteroatoms. The Labute approximate surface area is 203 Å². The number of hydrogen-bond donors (Lipinski definition) is 2. The Hall–Kier alpha value is -3.22. The Bertz CT molecular complexity index is 1510. The van der Waals surface area contributed by atoms with Gasteiger partial charge in [-0.25, -0.2) is 0 Å². The normalized spacial score (nSPS) is 35.1. The molecule has 4 bridgehead atoms. The number of aromatic hydroxyl groups is 2. The van der Waals surface area contributed by atoms with Gasteiger partial charge in [0.05, 0.1) is 12.5 Å². The molecule has 6 nitrogen and oxygen atoms in total. The number of rotatable bonds is 2. The summed E-state index contributed by atoms with van der Waals surface area (Å²) in [6, 6.07) is 11.8. The largest absolute Gasteiger partial charge is 0.507 e. The highest BCUT2D eigenvalue weighted by Gasteiger charge is 2.79. The highest BCUT2D eigenvalue weighted by Crippen LogP contribution is 2.76. The molecule has 1 fully saturated rings. The molecule has 35 heavy (non-hydrogen) atoms. The van der Waals surface area contributed by atoms with Crippen molar-refractivity contribution in [3.05, 3.63) is 70.8 Å². The van der Waals surface area contributed by atoms with E-state index in [2.05, 4.69) is 30.2 Å². The third-order valence-electron chi connectivity index (χ3n) is 9.91. The molecule has 1 saturated heterocycles. The molecule has 5 unspecified atom stereocenters. The van der Waals surface area contributed by atoms with E-state index in [0.29, 0.717) is 22.1 Å². The van der Waals surface area contributed by atoms with Gasteiger partial charge in [-0.3, -0.25) is 0 Å². The van der Waals surface area contributed by atoms with Crippen molar-refractivity contribution in [1.29, 1.82) is 0 Å². The quantitative estimate of drug-likeness (QED) is 0.439. The van der Waals surface area contributed by atoms with E-state index < -0.39 is 22.5 Å². The number of benzene rings is 3. The Balaban J connectivity index is 1.61. The van der Waals surface area contributed by atoms with E-state index in [0.717, 1.165) is 30.7 Å². The van der Waals surface area contributed by atoms with Crippen LogP contribution in [0, 0.1) is 0 Å². The smallest absolute Gasteiger partial charge is 0.166 e. The van der Waals surface area contributed by atoms with Crippen molar-refractivity contribution in [1.82, 2.24) is 4.90 Å². The topological polar surface area (TPSA) is 71.4 Å². The molecule has 9 rings (SSSR count). The van der Waals surface area contributed by atoms with Crippen LogP contribution in [0.15, 0.2) is 48.6 Å². The lowest BCUT2D eigenvalue weighted by Gasteiger charge is -2.69. The SMILES string of the molecule is COc1ccc2c3c1OC1C4(OC)C=CC5(c6c4c(O)c4ccccc4c6O)C(C2)N(C)CCC315. The van der Waals surface area contributed by atoms with Crippen molar-refractivity contribution in [3.8, 4) is 23.0 Å². The predicted octanol–water partition coefficient (Wildman–Crippen LogP) is 3.88. The Kier molecular flexibility index (Phi) is 3.40. The second kappa shape index (κ2) is 5.94. The molecule has 5 atom stereocenters. The molecule has 2 N–H and O–H groups in total. The standard InChI is InChI=1S/C29H27NO5/c1-30-13-12-28-20-15-8-9-18(33-2)25(20)35-26(28)29(34-3)11-10-27(28,19(30)14-15)21-22(29)24(32)17-7-5-4-6-16(17)23(21)31/h4-11,19,26,31-32H,12-14H2,1-3H3. The van der Waals surface area contributed by atoms with Gasteiger partial charge >= 0.3 is 0 Å². The summed E-state index contributed by atoms with van der Waals surface area (Å²) in [4.78, 5) is 2.42. The van der Waals surface area contributed by atoms with Gasteiger partial charge in [0.1, 0.15) is 17.6 Å². The van der Waals surface area contributed by atoms with Crippen molar-refractivity contribution < 1.29 is 24.4 Å². The summed E-state index contributed by atoms with van der Waals surface area (Å²) in [6.45, 7) is 0.908. The number of likely N-dealkylation sites (tertiary alicyclic amines) is 1. The van der Waals surface area contributed by atoms with E-state index in [1.54, 1.807) is 14.2 Å². The first kappa shape index (κ1) is 20.0. The van der Waals surface area contributed by atoms with Gasteiger partial charge in [0.15, 0.2) is 17.1 Å². The van der Waals surface area contributed by atoms with Gasteiger partial charge in [-0.2, -0.15) is 0 Å². The van der Waals surface area contributed by atoms with Crippen LogP contribution >= 0.6 is 0 Å². The fraction of sp³-hybridized carbons (Fsp3) is 0.379. The lowest BCUT2D eigenvalue weighted by Crippen LogP contribution is -2.77. The molecule has 2 heterocycles. The van der Waals surface area contributed by atoms with E-state index >= 15 is 0 Å². The molecule has 0 radical (unpaired) electrons. The number of piperidine rings is 1. The predicted molar refractivity (Wildman–Crippen MR) is 131 cm³/mol. The minimum absolute atomic E-state index is 0.0887. The van der Waals surface area contributed by atoms with Crippen molar-refractivity contribution in [2.24, 2.45) is 0 Å². The van der Waals surface area contributed by atoms with E-state index in [9.17, 15) is 10.2 Å². The minimum Gasteiger partial charge on any atom is -0.507 e. The Morgan fingerprint density at radius 3 is 2.43 bits per heavy atom. The van der Waals surface area contributed by atoms with Gasteiger partial charge in [0, 0.05) is 46.0 Å². The number of phenolic OH excluding ortho intramolecular Hbond substituents is 2. The van der Waals surface area contributed by atoms with E-state index in [1.807, 2.05) is 30.3 Å². The number of phenols is 2. The van der Waals surface area contributed by atoms with Crippen LogP contribution < -0.4 is 9.47 Å². The lowest BCUT2D eigenvalue weighted by atomic mass is 9.37. The monoisotopic (exact) mass is 469 g/mol. The third kappa shape index (κ3) is 1.78. The Morgan fingerprint density at radius 1 is 0.971 bits per heavy atom. The molecule has 0 saturated carbocycles. The van der Waals surface area contributed by atoms with Gasteiger partial charge in [0.2, 0.25) is 0 Å². The maximum absolute atomic E-state index is 12.0. The first-order valence-corrected chi connectivity index (χ1v) is 12.3. The molecular formula is C29H27NO5. The van der Waals surface area contributed by atoms with Crippen molar-refractivity contribution in [3.63, 3.8) is 0 Å². The molecule has 2 spiro atoms. The summed E-state index contributed by atoms with van der Waals surface area (Å²) in [6.07, 6.45) is 5.62. The van der Waals surface area contributed by atoms with Crippen LogP contribution in [0.2, 0.25) is 0 Å². The zero-order chi connectivity index (χ0) is 23.9. The van der Waals surface area contributed by atoms with E-state index in [1.165, 1.54) is 11.1 Å². The highest BCUT2D eigenvalue weighted by molar-refractivity contribution is 5.98. The van der Waals surface area contributed by atoms with Crippen LogP contribution in [0.25, 0.3) is 10.8 Å². The number of hydrogen-bond acceptors (Lipinski definition) is 6. The van der Waals surface area contributed by atoms with Crippen LogP contribution in [0.1, 0.15) is 28.7 Å². The van der Waals surface area contributed by atoms with Gasteiger partial charge in [-0.15, -0.1) is 0 Å². The number of ether oxygens (including phenoxy) is 3. The number of methoxy groups -OCH3 is 2. The van der Waals surface area contributed by atoms with Crippen molar-refractivity contribution in [2.75, 3.05) is 27.8 Å². The fourth-order valence-corrected chi connectivity index (χ4v) is 8.66. The first-order chi connectivity index (χ1) is 17.0. The summed E-state index contributed by atoms with van der Waals surface area (Å²) in [5, 5.41) is 25.1. The average molecular weight is 470 g/mol. The second-order valence-electron chi connectivity index (χ2n) is 10.7. The second-order valence-corrected chi connectivity index (χ2v) is 10.7. The van der Waals surface area contributed by atoms with Gasteiger partial charge < -0.3 is 29.3 Å². The van der Waals surface area contributed by atoms with Crippen molar-refractivity contribution >= 4 is 10.8 Å². The molecule has 3 aromatic carbocycles. The van der Waals surface area contributed by atoms with Gasteiger partial charge in [-0.05, 0) is 44.1 Å².